The number of ether oxygens (including phenoxy) is 4. The molecule has 0 amide bonds. The van der Waals surface area contributed by atoms with Crippen LogP contribution in [0.4, 0.5) is 0 Å². The van der Waals surface area contributed by atoms with Gasteiger partial charge in [0.2, 0.25) is 0 Å². The Balaban J connectivity index is 2.18. The Hall–Kier alpha value is -2.31. The molecule has 0 spiro atoms. The van der Waals surface area contributed by atoms with Gasteiger partial charge in [-0.25, -0.2) is 0 Å². The maximum absolute atomic E-state index is 12.5. The lowest BCUT2D eigenvalue weighted by Crippen LogP contribution is -2.06. The Morgan fingerprint density at radius 3 is 2.38 bits per heavy atom. The molecule has 0 bridgehead atoms. The molecule has 26 heavy (non-hydrogen) atoms. The monoisotopic (exact) mass is 420 g/mol. The summed E-state index contributed by atoms with van der Waals surface area (Å²) in [6.07, 6.45) is 3.23. The van der Waals surface area contributed by atoms with E-state index in [9.17, 15) is 4.79 Å². The molecule has 0 atom stereocenters. The first-order valence-corrected chi connectivity index (χ1v) is 8.74. The molecule has 0 aliphatic rings. The van der Waals surface area contributed by atoms with E-state index in [1.54, 1.807) is 38.5 Å². The van der Waals surface area contributed by atoms with Crippen LogP contribution >= 0.6 is 15.9 Å². The van der Waals surface area contributed by atoms with E-state index in [-0.39, 0.29) is 5.78 Å². The molecule has 0 radical (unpaired) electrons. The number of carbonyl (C=O) groups excluding carboxylic acids is 1. The van der Waals surface area contributed by atoms with Crippen molar-refractivity contribution in [1.82, 2.24) is 0 Å². The zero-order valence-corrected chi connectivity index (χ0v) is 16.5. The minimum Gasteiger partial charge on any atom is -0.496 e. The van der Waals surface area contributed by atoms with Crippen LogP contribution in [0.15, 0.2) is 46.9 Å². The first kappa shape index (κ1) is 20.0. The highest BCUT2D eigenvalue weighted by atomic mass is 79.9. The molecule has 0 saturated heterocycles. The molecule has 0 aromatic heterocycles. The van der Waals surface area contributed by atoms with Crippen LogP contribution < -0.4 is 14.2 Å². The maximum Gasteiger partial charge on any atom is 0.185 e. The van der Waals surface area contributed by atoms with Gasteiger partial charge in [-0.2, -0.15) is 0 Å². The third kappa shape index (κ3) is 5.34. The summed E-state index contributed by atoms with van der Waals surface area (Å²) in [4.78, 5) is 12.5. The summed E-state index contributed by atoms with van der Waals surface area (Å²) in [5, 5.41) is 0. The van der Waals surface area contributed by atoms with E-state index in [2.05, 4.69) is 15.9 Å². The second-order valence-corrected chi connectivity index (χ2v) is 6.21. The van der Waals surface area contributed by atoms with Crippen molar-refractivity contribution in [2.24, 2.45) is 0 Å². The molecule has 5 nitrogen and oxygen atoms in total. The fourth-order valence-corrected chi connectivity index (χ4v) is 2.65. The molecule has 0 N–H and O–H groups in total. The van der Waals surface area contributed by atoms with E-state index in [1.165, 1.54) is 13.2 Å². The number of allylic oxidation sites excluding steroid dienone is 1. The number of halogens is 1. The van der Waals surface area contributed by atoms with Gasteiger partial charge in [-0.3, -0.25) is 4.79 Å². The average Bonchev–Trinajstić information content (AvgIpc) is 2.66. The van der Waals surface area contributed by atoms with E-state index in [0.29, 0.717) is 36.0 Å². The highest BCUT2D eigenvalue weighted by Crippen LogP contribution is 2.29. The van der Waals surface area contributed by atoms with E-state index in [1.807, 2.05) is 18.2 Å². The Labute approximate surface area is 161 Å². The fourth-order valence-electron chi connectivity index (χ4n) is 2.27. The van der Waals surface area contributed by atoms with Crippen molar-refractivity contribution in [3.63, 3.8) is 0 Å². The third-order valence-electron chi connectivity index (χ3n) is 3.60. The standard InChI is InChI=1S/C20H21BrO5/c1-23-10-11-26-19-8-5-14(13-20(19)25-3)17(22)7-4-15-12-16(21)6-9-18(15)24-2/h4-9,12-13H,10-11H2,1-3H3/b7-4+. The maximum atomic E-state index is 12.5. The van der Waals surface area contributed by atoms with Crippen LogP contribution in [0.3, 0.4) is 0 Å². The summed E-state index contributed by atoms with van der Waals surface area (Å²) in [6.45, 7) is 0.879. The SMILES string of the molecule is COCCOc1ccc(C(=O)/C=C/c2cc(Br)ccc2OC)cc1OC. The molecule has 2 aromatic rings. The van der Waals surface area contributed by atoms with Crippen LogP contribution in [-0.2, 0) is 4.74 Å². The van der Waals surface area contributed by atoms with Crippen LogP contribution in [0.25, 0.3) is 6.08 Å². The molecule has 2 rings (SSSR count). The van der Waals surface area contributed by atoms with E-state index in [4.69, 9.17) is 18.9 Å². The summed E-state index contributed by atoms with van der Waals surface area (Å²) in [7, 11) is 4.74. The smallest absolute Gasteiger partial charge is 0.185 e. The van der Waals surface area contributed by atoms with Crippen LogP contribution in [0.2, 0.25) is 0 Å². The van der Waals surface area contributed by atoms with Gasteiger partial charge < -0.3 is 18.9 Å². The molecular weight excluding hydrogens is 400 g/mol. The van der Waals surface area contributed by atoms with Gasteiger partial charge in [-0.1, -0.05) is 15.9 Å². The largest absolute Gasteiger partial charge is 0.496 e. The predicted molar refractivity (Wildman–Crippen MR) is 104 cm³/mol. The van der Waals surface area contributed by atoms with Gasteiger partial charge in [0.25, 0.3) is 0 Å². The van der Waals surface area contributed by atoms with E-state index >= 15 is 0 Å². The Morgan fingerprint density at radius 2 is 1.69 bits per heavy atom. The number of hydrogen-bond acceptors (Lipinski definition) is 5. The van der Waals surface area contributed by atoms with Gasteiger partial charge in [-0.15, -0.1) is 0 Å². The first-order valence-electron chi connectivity index (χ1n) is 7.94. The van der Waals surface area contributed by atoms with Crippen molar-refractivity contribution in [3.8, 4) is 17.2 Å². The molecule has 0 unspecified atom stereocenters. The van der Waals surface area contributed by atoms with Gasteiger partial charge >= 0.3 is 0 Å². The second kappa shape index (κ2) is 9.99. The minimum absolute atomic E-state index is 0.145. The molecule has 138 valence electrons. The molecule has 0 fully saturated rings. The van der Waals surface area contributed by atoms with Crippen molar-refractivity contribution >= 4 is 27.8 Å². The fraction of sp³-hybridized carbons (Fsp3) is 0.250. The molecule has 0 heterocycles. The first-order chi connectivity index (χ1) is 12.6. The van der Waals surface area contributed by atoms with Gasteiger partial charge in [0.15, 0.2) is 17.3 Å². The predicted octanol–water partition coefficient (Wildman–Crippen LogP) is 4.39. The van der Waals surface area contributed by atoms with Gasteiger partial charge in [0.05, 0.1) is 20.8 Å². The molecular formula is C20H21BrO5. The second-order valence-electron chi connectivity index (χ2n) is 5.29. The number of methoxy groups -OCH3 is 3. The zero-order valence-electron chi connectivity index (χ0n) is 15.0. The highest BCUT2D eigenvalue weighted by molar-refractivity contribution is 9.10. The van der Waals surface area contributed by atoms with Crippen molar-refractivity contribution in [2.45, 2.75) is 0 Å². The van der Waals surface area contributed by atoms with Crippen LogP contribution in [0, 0.1) is 0 Å². The van der Waals surface area contributed by atoms with E-state index in [0.717, 1.165) is 10.0 Å². The van der Waals surface area contributed by atoms with Gasteiger partial charge in [-0.05, 0) is 48.6 Å². The Bertz CT molecular complexity index is 786. The molecule has 0 aliphatic carbocycles. The minimum atomic E-state index is -0.145. The summed E-state index contributed by atoms with van der Waals surface area (Å²) in [6, 6.07) is 10.7. The summed E-state index contributed by atoms with van der Waals surface area (Å²) < 4.78 is 22.1. The lowest BCUT2D eigenvalue weighted by atomic mass is 10.1. The number of benzene rings is 2. The molecule has 0 aliphatic heterocycles. The number of ketones is 1. The Kier molecular flexibility index (Phi) is 7.69. The van der Waals surface area contributed by atoms with Crippen molar-refractivity contribution in [3.05, 3.63) is 58.1 Å². The lowest BCUT2D eigenvalue weighted by molar-refractivity contribution is 0.104. The van der Waals surface area contributed by atoms with Crippen molar-refractivity contribution < 1.29 is 23.7 Å². The number of hydrogen-bond donors (Lipinski definition) is 0. The highest BCUT2D eigenvalue weighted by Gasteiger charge is 2.10. The summed E-state index contributed by atoms with van der Waals surface area (Å²) in [5.41, 5.74) is 1.31. The topological polar surface area (TPSA) is 54.0 Å². The molecule has 0 saturated carbocycles. The third-order valence-corrected chi connectivity index (χ3v) is 4.09. The lowest BCUT2D eigenvalue weighted by Gasteiger charge is -2.11. The van der Waals surface area contributed by atoms with Crippen LogP contribution in [0.1, 0.15) is 15.9 Å². The zero-order chi connectivity index (χ0) is 18.9. The number of carbonyl (C=O) groups is 1. The van der Waals surface area contributed by atoms with Crippen LogP contribution in [-0.4, -0.2) is 40.3 Å². The average molecular weight is 421 g/mol. The number of rotatable bonds is 9. The van der Waals surface area contributed by atoms with E-state index < -0.39 is 0 Å². The van der Waals surface area contributed by atoms with Gasteiger partial charge in [0.1, 0.15) is 12.4 Å². The van der Waals surface area contributed by atoms with Gasteiger partial charge in [0, 0.05) is 22.7 Å². The summed E-state index contributed by atoms with van der Waals surface area (Å²) >= 11 is 3.42. The van der Waals surface area contributed by atoms with Crippen molar-refractivity contribution in [1.29, 1.82) is 0 Å². The quantitative estimate of drug-likeness (QED) is 0.342. The van der Waals surface area contributed by atoms with Crippen molar-refractivity contribution in [2.75, 3.05) is 34.5 Å². The summed E-state index contributed by atoms with van der Waals surface area (Å²) in [5.74, 6) is 1.62. The molecule has 2 aromatic carbocycles. The Morgan fingerprint density at radius 1 is 0.962 bits per heavy atom. The normalized spacial score (nSPS) is 10.8. The van der Waals surface area contributed by atoms with Crippen LogP contribution in [0.5, 0.6) is 17.2 Å². The molecule has 6 heteroatoms.